The first kappa shape index (κ1) is 23.2. The van der Waals surface area contributed by atoms with Crippen molar-refractivity contribution in [2.75, 3.05) is 11.3 Å². The topological polar surface area (TPSA) is 101 Å². The zero-order valence-electron chi connectivity index (χ0n) is 20.3. The number of hydrogen-bond donors (Lipinski definition) is 1. The summed E-state index contributed by atoms with van der Waals surface area (Å²) >= 11 is 0. The Bertz CT molecular complexity index is 1650. The van der Waals surface area contributed by atoms with Gasteiger partial charge in [-0.2, -0.15) is 4.98 Å². The molecule has 2 aliphatic heterocycles. The third-order valence-electron chi connectivity index (χ3n) is 6.76. The van der Waals surface area contributed by atoms with Crippen LogP contribution in [0.2, 0.25) is 0 Å². The first-order valence-electron chi connectivity index (χ1n) is 11.9. The Labute approximate surface area is 215 Å². The molecule has 0 radical (unpaired) electrons. The van der Waals surface area contributed by atoms with Crippen LogP contribution in [0.4, 0.5) is 5.95 Å². The largest absolute Gasteiger partial charge is 0.467 e. The molecule has 8 nitrogen and oxygen atoms in total. The number of ether oxygens (including phenoxy) is 1. The van der Waals surface area contributed by atoms with Crippen molar-refractivity contribution in [3.63, 3.8) is 0 Å². The molecule has 6 rings (SSSR count). The zero-order chi connectivity index (χ0) is 25.7. The SMILES string of the molecule is Cc1cccc(C)c1-c1cc2nc(n1)NS(=O)(=O)c1cccc(c1)C(=O)N1Cc3ccccc3[C@H](C1)O2. The molecule has 1 amide bonds. The maximum atomic E-state index is 13.5. The van der Waals surface area contributed by atoms with Gasteiger partial charge < -0.3 is 9.64 Å². The van der Waals surface area contributed by atoms with Gasteiger partial charge in [0.25, 0.3) is 15.9 Å². The van der Waals surface area contributed by atoms with Crippen LogP contribution < -0.4 is 9.46 Å². The maximum absolute atomic E-state index is 13.5. The lowest BCUT2D eigenvalue weighted by molar-refractivity contribution is 0.0589. The van der Waals surface area contributed by atoms with E-state index in [9.17, 15) is 13.2 Å². The van der Waals surface area contributed by atoms with E-state index in [2.05, 4.69) is 14.7 Å². The maximum Gasteiger partial charge on any atom is 0.264 e. The Hall–Kier alpha value is -4.24. The molecular formula is C28H24N4O4S. The standard InChI is InChI=1S/C28H24N4O4S/c1-17-7-5-8-18(2)26(17)23-14-25-30-28(29-23)31-37(34,35)21-11-6-10-19(13-21)27(33)32-15-20-9-3-4-12-22(20)24(16-32)36-25/h3-14,24H,15-16H2,1-2H3,(H,29,30,31)/t24-/m0/s1. The van der Waals surface area contributed by atoms with E-state index in [0.29, 0.717) is 12.2 Å². The normalized spacial score (nSPS) is 17.8. The molecule has 6 bridgehead atoms. The summed E-state index contributed by atoms with van der Waals surface area (Å²) < 4.78 is 35.5. The van der Waals surface area contributed by atoms with E-state index in [0.717, 1.165) is 27.8 Å². The molecule has 186 valence electrons. The van der Waals surface area contributed by atoms with Crippen LogP contribution in [0.3, 0.4) is 0 Å². The van der Waals surface area contributed by atoms with Crippen LogP contribution in [0.25, 0.3) is 11.3 Å². The average Bonchev–Trinajstić information content (AvgIpc) is 2.87. The van der Waals surface area contributed by atoms with Gasteiger partial charge in [-0.1, -0.05) is 48.5 Å². The van der Waals surface area contributed by atoms with Gasteiger partial charge >= 0.3 is 0 Å². The van der Waals surface area contributed by atoms with Crippen LogP contribution in [0.1, 0.15) is 38.7 Å². The van der Waals surface area contributed by atoms with Crippen LogP contribution in [0, 0.1) is 13.8 Å². The lowest BCUT2D eigenvalue weighted by Crippen LogP contribution is -2.40. The van der Waals surface area contributed by atoms with E-state index in [1.54, 1.807) is 23.1 Å². The molecule has 1 aromatic heterocycles. The Morgan fingerprint density at radius 3 is 2.51 bits per heavy atom. The Morgan fingerprint density at radius 1 is 0.946 bits per heavy atom. The summed E-state index contributed by atoms with van der Waals surface area (Å²) in [6.45, 7) is 4.64. The second kappa shape index (κ2) is 8.70. The second-order valence-corrected chi connectivity index (χ2v) is 11.0. The number of rotatable bonds is 1. The highest BCUT2D eigenvalue weighted by molar-refractivity contribution is 7.92. The highest BCUT2D eigenvalue weighted by atomic mass is 32.2. The van der Waals surface area contributed by atoms with Gasteiger partial charge in [-0.15, -0.1) is 0 Å². The third kappa shape index (κ3) is 4.21. The lowest BCUT2D eigenvalue weighted by atomic mass is 9.96. The van der Waals surface area contributed by atoms with Crippen LogP contribution in [0.5, 0.6) is 5.88 Å². The van der Waals surface area contributed by atoms with Crippen molar-refractivity contribution in [2.45, 2.75) is 31.4 Å². The van der Waals surface area contributed by atoms with E-state index in [-0.39, 0.29) is 34.7 Å². The number of nitrogens with one attached hydrogen (secondary N) is 1. The van der Waals surface area contributed by atoms with Gasteiger partial charge in [-0.25, -0.2) is 18.1 Å². The predicted molar refractivity (Wildman–Crippen MR) is 139 cm³/mol. The number of anilines is 1. The molecule has 9 heteroatoms. The van der Waals surface area contributed by atoms with Crippen molar-refractivity contribution in [2.24, 2.45) is 0 Å². The van der Waals surface area contributed by atoms with Gasteiger partial charge in [0.1, 0.15) is 6.10 Å². The lowest BCUT2D eigenvalue weighted by Gasteiger charge is -2.34. The van der Waals surface area contributed by atoms with Gasteiger partial charge in [0.05, 0.1) is 17.1 Å². The van der Waals surface area contributed by atoms with Gasteiger partial charge in [0.2, 0.25) is 11.8 Å². The summed E-state index contributed by atoms with van der Waals surface area (Å²) in [7, 11) is -4.08. The number of carbonyl (C=O) groups excluding carboxylic acids is 1. The number of aryl methyl sites for hydroxylation is 2. The van der Waals surface area contributed by atoms with Gasteiger partial charge in [0, 0.05) is 23.7 Å². The molecule has 0 spiro atoms. The molecule has 3 aromatic carbocycles. The van der Waals surface area contributed by atoms with E-state index in [4.69, 9.17) is 4.74 Å². The second-order valence-electron chi connectivity index (χ2n) is 9.31. The minimum atomic E-state index is -4.08. The number of carbonyl (C=O) groups is 1. The van der Waals surface area contributed by atoms with Crippen LogP contribution >= 0.6 is 0 Å². The van der Waals surface area contributed by atoms with Crippen LogP contribution in [-0.2, 0) is 16.6 Å². The Morgan fingerprint density at radius 2 is 1.70 bits per heavy atom. The number of sulfonamides is 1. The smallest absolute Gasteiger partial charge is 0.264 e. The molecule has 0 unspecified atom stereocenters. The molecule has 3 heterocycles. The van der Waals surface area contributed by atoms with Crippen molar-refractivity contribution < 1.29 is 17.9 Å². The quantitative estimate of drug-likeness (QED) is 0.398. The van der Waals surface area contributed by atoms with Crippen molar-refractivity contribution in [3.8, 4) is 17.1 Å². The minimum Gasteiger partial charge on any atom is -0.467 e. The summed E-state index contributed by atoms with van der Waals surface area (Å²) in [5, 5.41) is 0. The minimum absolute atomic E-state index is 0.0462. The van der Waals surface area contributed by atoms with E-state index in [1.165, 1.54) is 12.1 Å². The monoisotopic (exact) mass is 512 g/mol. The number of nitrogens with zero attached hydrogens (tertiary/aromatic N) is 3. The fourth-order valence-electron chi connectivity index (χ4n) is 5.00. The summed E-state index contributed by atoms with van der Waals surface area (Å²) in [6.07, 6.45) is -0.497. The molecule has 37 heavy (non-hydrogen) atoms. The fourth-order valence-corrected chi connectivity index (χ4v) is 5.99. The number of benzene rings is 3. The van der Waals surface area contributed by atoms with Crippen LogP contribution in [-0.4, -0.2) is 35.7 Å². The number of fused-ring (bicyclic) bond motifs is 8. The predicted octanol–water partition coefficient (Wildman–Crippen LogP) is 4.65. The first-order chi connectivity index (χ1) is 17.8. The van der Waals surface area contributed by atoms with Crippen LogP contribution in [0.15, 0.2) is 77.7 Å². The Kier molecular flexibility index (Phi) is 5.45. The molecule has 0 saturated heterocycles. The fraction of sp³-hybridized carbons (Fsp3) is 0.179. The molecule has 0 aliphatic carbocycles. The van der Waals surface area contributed by atoms with Crippen molar-refractivity contribution in [1.82, 2.24) is 14.9 Å². The van der Waals surface area contributed by atoms with Crippen molar-refractivity contribution in [3.05, 3.63) is 101 Å². The molecule has 1 atom stereocenters. The van der Waals surface area contributed by atoms with E-state index in [1.807, 2.05) is 56.3 Å². The summed E-state index contributed by atoms with van der Waals surface area (Å²) in [6, 6.07) is 21.5. The Balaban J connectivity index is 1.57. The van der Waals surface area contributed by atoms with Crippen molar-refractivity contribution >= 4 is 21.9 Å². The number of aromatic nitrogens is 2. The van der Waals surface area contributed by atoms with Gasteiger partial charge in [-0.3, -0.25) is 4.79 Å². The molecule has 0 fully saturated rings. The zero-order valence-corrected chi connectivity index (χ0v) is 21.1. The van der Waals surface area contributed by atoms with E-state index < -0.39 is 16.1 Å². The first-order valence-corrected chi connectivity index (χ1v) is 13.4. The highest BCUT2D eigenvalue weighted by Gasteiger charge is 2.32. The van der Waals surface area contributed by atoms with Gasteiger partial charge in [-0.05, 0) is 54.3 Å². The van der Waals surface area contributed by atoms with Gasteiger partial charge in [0.15, 0.2) is 0 Å². The van der Waals surface area contributed by atoms with E-state index >= 15 is 0 Å². The molecule has 0 saturated carbocycles. The molecular weight excluding hydrogens is 488 g/mol. The molecule has 1 N–H and O–H groups in total. The third-order valence-corrected chi connectivity index (χ3v) is 8.08. The summed E-state index contributed by atoms with van der Waals surface area (Å²) in [4.78, 5) is 24.1. The molecule has 2 aliphatic rings. The number of hydrogen-bond acceptors (Lipinski definition) is 6. The summed E-state index contributed by atoms with van der Waals surface area (Å²) in [5.41, 5.74) is 5.61. The summed E-state index contributed by atoms with van der Waals surface area (Å²) in [5.74, 6) is -0.161. The van der Waals surface area contributed by atoms with Crippen molar-refractivity contribution in [1.29, 1.82) is 0 Å². The molecule has 4 aromatic rings. The average molecular weight is 513 g/mol. The number of amides is 1. The highest BCUT2D eigenvalue weighted by Crippen LogP contribution is 2.34.